The van der Waals surface area contributed by atoms with Crippen molar-refractivity contribution < 1.29 is 4.74 Å². The summed E-state index contributed by atoms with van der Waals surface area (Å²) >= 11 is 0. The van der Waals surface area contributed by atoms with Gasteiger partial charge in [0.05, 0.1) is 12.3 Å². The van der Waals surface area contributed by atoms with Crippen LogP contribution in [-0.2, 0) is 6.42 Å². The Morgan fingerprint density at radius 1 is 0.833 bits per heavy atom. The second kappa shape index (κ2) is 12.8. The lowest BCUT2D eigenvalue weighted by molar-refractivity contribution is 0.259. The maximum absolute atomic E-state index is 5.88. The smallest absolute Gasteiger partial charge is 0.119 e. The summed E-state index contributed by atoms with van der Waals surface area (Å²) in [4.78, 5) is 4.73. The highest BCUT2D eigenvalue weighted by Gasteiger charge is 2.19. The molecule has 0 amide bonds. The molecule has 164 valence electrons. The summed E-state index contributed by atoms with van der Waals surface area (Å²) in [6, 6.07) is 12.8. The molecule has 0 radical (unpaired) electrons. The monoisotopic (exact) mass is 407 g/mol. The van der Waals surface area contributed by atoms with Crippen LogP contribution in [0.5, 0.6) is 5.75 Å². The minimum Gasteiger partial charge on any atom is -0.494 e. The van der Waals surface area contributed by atoms with E-state index < -0.39 is 0 Å². The molecule has 2 heteroatoms. The average Bonchev–Trinajstić information content (AvgIpc) is 2.81. The maximum atomic E-state index is 5.88. The lowest BCUT2D eigenvalue weighted by Crippen LogP contribution is -2.14. The van der Waals surface area contributed by atoms with Crippen LogP contribution in [-0.4, -0.2) is 11.6 Å². The second-order valence-electron chi connectivity index (χ2n) is 9.17. The van der Waals surface area contributed by atoms with Crippen molar-refractivity contribution in [1.82, 2.24) is 4.98 Å². The van der Waals surface area contributed by atoms with E-state index in [1.165, 1.54) is 76.2 Å². The Morgan fingerprint density at radius 3 is 2.23 bits per heavy atom. The van der Waals surface area contributed by atoms with Gasteiger partial charge in [0, 0.05) is 11.8 Å². The quantitative estimate of drug-likeness (QED) is 0.330. The van der Waals surface area contributed by atoms with Gasteiger partial charge in [-0.05, 0) is 67.0 Å². The summed E-state index contributed by atoms with van der Waals surface area (Å²) < 4.78 is 5.88. The number of ether oxygens (including phenoxy) is 1. The van der Waals surface area contributed by atoms with E-state index in [1.807, 2.05) is 0 Å². The van der Waals surface area contributed by atoms with E-state index in [0.717, 1.165) is 41.9 Å². The highest BCUT2D eigenvalue weighted by molar-refractivity contribution is 5.60. The zero-order valence-electron chi connectivity index (χ0n) is 19.2. The zero-order valence-corrected chi connectivity index (χ0v) is 19.2. The van der Waals surface area contributed by atoms with E-state index in [-0.39, 0.29) is 0 Å². The molecule has 2 aromatic rings. The van der Waals surface area contributed by atoms with E-state index in [2.05, 4.69) is 56.4 Å². The van der Waals surface area contributed by atoms with Gasteiger partial charge in [-0.3, -0.25) is 4.98 Å². The van der Waals surface area contributed by atoms with Crippen molar-refractivity contribution in [2.45, 2.75) is 90.9 Å². The molecule has 2 nitrogen and oxygen atoms in total. The van der Waals surface area contributed by atoms with E-state index in [1.54, 1.807) is 0 Å². The summed E-state index contributed by atoms with van der Waals surface area (Å²) in [7, 11) is 0. The van der Waals surface area contributed by atoms with Crippen LogP contribution in [0.3, 0.4) is 0 Å². The molecule has 0 bridgehead atoms. The molecule has 1 fully saturated rings. The van der Waals surface area contributed by atoms with Gasteiger partial charge >= 0.3 is 0 Å². The third-order valence-corrected chi connectivity index (χ3v) is 6.88. The SMILES string of the molecule is CCCCCCCOc1ccc(-c2ccc(CC[C@H]3CC[C@H](CC)CC3)cn2)cc1. The lowest BCUT2D eigenvalue weighted by Gasteiger charge is -2.27. The minimum atomic E-state index is 0.816. The Bertz CT molecular complexity index is 698. The fraction of sp³-hybridized carbons (Fsp3) is 0.607. The molecule has 1 aromatic carbocycles. The number of nitrogens with zero attached hydrogens (tertiary/aromatic N) is 1. The first-order valence-corrected chi connectivity index (χ1v) is 12.5. The van der Waals surface area contributed by atoms with Crippen LogP contribution in [0.25, 0.3) is 11.3 Å². The summed E-state index contributed by atoms with van der Waals surface area (Å²) in [5, 5.41) is 0. The van der Waals surface area contributed by atoms with Crippen molar-refractivity contribution >= 4 is 0 Å². The molecule has 1 aliphatic carbocycles. The molecule has 0 saturated heterocycles. The molecule has 0 atom stereocenters. The number of hydrogen-bond acceptors (Lipinski definition) is 2. The zero-order chi connectivity index (χ0) is 21.0. The van der Waals surface area contributed by atoms with Crippen molar-refractivity contribution in [2.75, 3.05) is 6.61 Å². The highest BCUT2D eigenvalue weighted by atomic mass is 16.5. The molecular weight excluding hydrogens is 366 g/mol. The number of aryl methyl sites for hydroxylation is 1. The number of rotatable bonds is 12. The minimum absolute atomic E-state index is 0.816. The molecule has 1 aromatic heterocycles. The number of unbranched alkanes of at least 4 members (excludes halogenated alkanes) is 4. The predicted octanol–water partition coefficient (Wildman–Crippen LogP) is 8.25. The van der Waals surface area contributed by atoms with E-state index in [0.29, 0.717) is 0 Å². The van der Waals surface area contributed by atoms with Crippen molar-refractivity contribution in [3.63, 3.8) is 0 Å². The highest BCUT2D eigenvalue weighted by Crippen LogP contribution is 2.33. The Balaban J connectivity index is 1.41. The molecule has 1 saturated carbocycles. The van der Waals surface area contributed by atoms with Gasteiger partial charge in [-0.1, -0.05) is 77.7 Å². The van der Waals surface area contributed by atoms with Gasteiger partial charge in [0.15, 0.2) is 0 Å². The Kier molecular flexibility index (Phi) is 9.73. The first kappa shape index (κ1) is 22.8. The van der Waals surface area contributed by atoms with Crippen molar-refractivity contribution in [3.05, 3.63) is 48.2 Å². The first-order chi connectivity index (χ1) is 14.8. The molecule has 3 rings (SSSR count). The third kappa shape index (κ3) is 7.45. The largest absolute Gasteiger partial charge is 0.494 e. The van der Waals surface area contributed by atoms with Crippen LogP contribution in [0.2, 0.25) is 0 Å². The molecular formula is C28H41NO. The lowest BCUT2D eigenvalue weighted by atomic mass is 9.79. The maximum Gasteiger partial charge on any atom is 0.119 e. The first-order valence-electron chi connectivity index (χ1n) is 12.5. The van der Waals surface area contributed by atoms with Gasteiger partial charge in [0.25, 0.3) is 0 Å². The van der Waals surface area contributed by atoms with Gasteiger partial charge in [-0.2, -0.15) is 0 Å². The van der Waals surface area contributed by atoms with Gasteiger partial charge < -0.3 is 4.74 Å². The normalized spacial score (nSPS) is 19.0. The van der Waals surface area contributed by atoms with Gasteiger partial charge in [0.1, 0.15) is 5.75 Å². The van der Waals surface area contributed by atoms with Crippen molar-refractivity contribution in [3.8, 4) is 17.0 Å². The van der Waals surface area contributed by atoms with Crippen LogP contribution in [0, 0.1) is 11.8 Å². The fourth-order valence-electron chi connectivity index (χ4n) is 4.66. The summed E-state index contributed by atoms with van der Waals surface area (Å²) in [5.41, 5.74) is 3.59. The molecule has 30 heavy (non-hydrogen) atoms. The van der Waals surface area contributed by atoms with Crippen molar-refractivity contribution in [1.29, 1.82) is 0 Å². The summed E-state index contributed by atoms with van der Waals surface area (Å²) in [6.07, 6.45) is 18.0. The fourth-order valence-corrected chi connectivity index (χ4v) is 4.66. The van der Waals surface area contributed by atoms with Crippen LogP contribution in [0.1, 0.15) is 90.0 Å². The average molecular weight is 408 g/mol. The summed E-state index contributed by atoms with van der Waals surface area (Å²) in [6.45, 7) is 5.41. The standard InChI is InChI=1S/C28H41NO/c1-3-5-6-7-8-21-30-27-18-16-26(17-19-27)28-20-15-25(22-29-28)14-13-24-11-9-23(4-2)10-12-24/h15-20,22-24H,3-14,21H2,1-2H3/t23-,24-. The van der Waals surface area contributed by atoms with Crippen LogP contribution >= 0.6 is 0 Å². The number of hydrogen-bond donors (Lipinski definition) is 0. The van der Waals surface area contributed by atoms with Gasteiger partial charge in [0.2, 0.25) is 0 Å². The van der Waals surface area contributed by atoms with E-state index in [9.17, 15) is 0 Å². The number of aromatic nitrogens is 1. The Labute approximate surface area is 184 Å². The molecule has 1 aliphatic rings. The second-order valence-corrected chi connectivity index (χ2v) is 9.17. The summed E-state index contributed by atoms with van der Waals surface area (Å²) in [5.74, 6) is 2.88. The van der Waals surface area contributed by atoms with Gasteiger partial charge in [-0.25, -0.2) is 0 Å². The third-order valence-electron chi connectivity index (χ3n) is 6.88. The van der Waals surface area contributed by atoms with E-state index >= 15 is 0 Å². The topological polar surface area (TPSA) is 22.1 Å². The molecule has 0 unspecified atom stereocenters. The Hall–Kier alpha value is -1.83. The number of pyridine rings is 1. The molecule has 0 spiro atoms. The molecule has 0 N–H and O–H groups in total. The van der Waals surface area contributed by atoms with Crippen LogP contribution < -0.4 is 4.74 Å². The van der Waals surface area contributed by atoms with Crippen molar-refractivity contribution in [2.24, 2.45) is 11.8 Å². The van der Waals surface area contributed by atoms with Crippen LogP contribution in [0.4, 0.5) is 0 Å². The predicted molar refractivity (Wildman–Crippen MR) is 128 cm³/mol. The van der Waals surface area contributed by atoms with Crippen LogP contribution in [0.15, 0.2) is 42.6 Å². The number of benzene rings is 1. The van der Waals surface area contributed by atoms with E-state index in [4.69, 9.17) is 9.72 Å². The Morgan fingerprint density at radius 2 is 1.57 bits per heavy atom. The molecule has 0 aliphatic heterocycles. The molecule has 1 heterocycles. The van der Waals surface area contributed by atoms with Gasteiger partial charge in [-0.15, -0.1) is 0 Å².